The molecule has 6 heteroatoms. The number of fused-ring (bicyclic) bond motifs is 1. The first-order valence-electron chi connectivity index (χ1n) is 8.03. The fraction of sp³-hybridized carbons (Fsp3) is 0.278. The zero-order valence-electron chi connectivity index (χ0n) is 13.1. The van der Waals surface area contributed by atoms with Crippen molar-refractivity contribution in [1.82, 2.24) is 15.5 Å². The zero-order valence-corrected chi connectivity index (χ0v) is 13.1. The molecule has 0 unspecified atom stereocenters. The molecule has 3 aromatic rings. The highest BCUT2D eigenvalue weighted by molar-refractivity contribution is 5.84. The molecule has 24 heavy (non-hydrogen) atoms. The van der Waals surface area contributed by atoms with Crippen molar-refractivity contribution in [3.8, 4) is 11.7 Å². The normalized spacial score (nSPS) is 16.6. The summed E-state index contributed by atoms with van der Waals surface area (Å²) in [5.74, 6) is 1.16. The van der Waals surface area contributed by atoms with Crippen LogP contribution >= 0.6 is 0 Å². The number of nitrogens with one attached hydrogen (secondary N) is 1. The van der Waals surface area contributed by atoms with Crippen LogP contribution in [0, 0.1) is 0 Å². The molecule has 1 aliphatic carbocycles. The summed E-state index contributed by atoms with van der Waals surface area (Å²) in [6.45, 7) is 0.238. The number of hydrogen-bond acceptors (Lipinski definition) is 5. The van der Waals surface area contributed by atoms with Crippen LogP contribution in [0.4, 0.5) is 0 Å². The van der Waals surface area contributed by atoms with Gasteiger partial charge in [0.15, 0.2) is 11.6 Å². The average molecular weight is 323 g/mol. The van der Waals surface area contributed by atoms with Crippen LogP contribution in [0.3, 0.4) is 0 Å². The van der Waals surface area contributed by atoms with Crippen molar-refractivity contribution < 1.29 is 13.7 Å². The molecular weight excluding hydrogens is 306 g/mol. The minimum atomic E-state index is -0.105. The van der Waals surface area contributed by atoms with Crippen LogP contribution in [0.25, 0.3) is 11.7 Å². The van der Waals surface area contributed by atoms with Crippen molar-refractivity contribution in [2.75, 3.05) is 0 Å². The molecule has 0 saturated carbocycles. The standard InChI is InChI=1S/C18H17N3O3/c22-17(14-8-3-6-12-5-1-2-7-13(12)14)19-11-16-20-18(24-21-16)15-9-4-10-23-15/h1-2,4-5,7,9-10,14H,3,6,8,11H2,(H,19,22)/t14-/m0/s1. The Labute approximate surface area is 138 Å². The highest BCUT2D eigenvalue weighted by Crippen LogP contribution is 2.31. The maximum atomic E-state index is 12.6. The van der Waals surface area contributed by atoms with E-state index in [1.807, 2.05) is 18.2 Å². The van der Waals surface area contributed by atoms with Gasteiger partial charge in [-0.05, 0) is 42.5 Å². The van der Waals surface area contributed by atoms with Crippen LogP contribution in [-0.4, -0.2) is 16.0 Å². The molecule has 1 aliphatic rings. The van der Waals surface area contributed by atoms with Gasteiger partial charge in [0.1, 0.15) is 0 Å². The molecule has 1 N–H and O–H groups in total. The van der Waals surface area contributed by atoms with Crippen molar-refractivity contribution in [3.63, 3.8) is 0 Å². The highest BCUT2D eigenvalue weighted by atomic mass is 16.5. The Kier molecular flexibility index (Phi) is 3.86. The van der Waals surface area contributed by atoms with Crippen LogP contribution in [-0.2, 0) is 17.8 Å². The van der Waals surface area contributed by atoms with Gasteiger partial charge in [-0.3, -0.25) is 4.79 Å². The van der Waals surface area contributed by atoms with Gasteiger partial charge in [0, 0.05) is 0 Å². The predicted octanol–water partition coefficient (Wildman–Crippen LogP) is 3.07. The molecule has 0 fully saturated rings. The first-order chi connectivity index (χ1) is 11.8. The molecule has 0 saturated heterocycles. The number of rotatable bonds is 4. The van der Waals surface area contributed by atoms with E-state index >= 15 is 0 Å². The summed E-state index contributed by atoms with van der Waals surface area (Å²) >= 11 is 0. The van der Waals surface area contributed by atoms with Gasteiger partial charge < -0.3 is 14.3 Å². The highest BCUT2D eigenvalue weighted by Gasteiger charge is 2.26. The minimum Gasteiger partial charge on any atom is -0.459 e. The lowest BCUT2D eigenvalue weighted by atomic mass is 9.82. The van der Waals surface area contributed by atoms with Gasteiger partial charge in [-0.25, -0.2) is 0 Å². The Bertz CT molecular complexity index is 839. The maximum Gasteiger partial charge on any atom is 0.293 e. The smallest absolute Gasteiger partial charge is 0.293 e. The van der Waals surface area contributed by atoms with Crippen molar-refractivity contribution in [2.24, 2.45) is 0 Å². The second-order valence-corrected chi connectivity index (χ2v) is 5.85. The lowest BCUT2D eigenvalue weighted by molar-refractivity contribution is -0.123. The molecule has 2 aromatic heterocycles. The molecule has 1 amide bonds. The maximum absolute atomic E-state index is 12.6. The molecule has 6 nitrogen and oxygen atoms in total. The first kappa shape index (κ1) is 14.7. The molecule has 1 aromatic carbocycles. The largest absolute Gasteiger partial charge is 0.459 e. The zero-order chi connectivity index (χ0) is 16.4. The lowest BCUT2D eigenvalue weighted by Gasteiger charge is -2.24. The second kappa shape index (κ2) is 6.31. The molecule has 1 atom stereocenters. The van der Waals surface area contributed by atoms with Gasteiger partial charge >= 0.3 is 0 Å². The Balaban J connectivity index is 1.43. The summed E-state index contributed by atoms with van der Waals surface area (Å²) < 4.78 is 10.3. The molecule has 0 bridgehead atoms. The summed E-state index contributed by atoms with van der Waals surface area (Å²) in [6.07, 6.45) is 4.48. The van der Waals surface area contributed by atoms with Gasteiger partial charge in [-0.2, -0.15) is 4.98 Å². The van der Waals surface area contributed by atoms with Crippen LogP contribution < -0.4 is 5.32 Å². The van der Waals surface area contributed by atoms with Crippen molar-refractivity contribution in [1.29, 1.82) is 0 Å². The van der Waals surface area contributed by atoms with Crippen LogP contribution in [0.15, 0.2) is 51.6 Å². The van der Waals surface area contributed by atoms with E-state index in [1.165, 1.54) is 5.56 Å². The third kappa shape index (κ3) is 2.82. The number of hydrogen-bond donors (Lipinski definition) is 1. The lowest BCUT2D eigenvalue weighted by Crippen LogP contribution is -2.31. The number of furan rings is 1. The molecule has 0 radical (unpaired) electrons. The number of carbonyl (C=O) groups excluding carboxylic acids is 1. The van der Waals surface area contributed by atoms with Crippen molar-refractivity contribution in [2.45, 2.75) is 31.7 Å². The third-order valence-electron chi connectivity index (χ3n) is 4.31. The fourth-order valence-electron chi connectivity index (χ4n) is 3.14. The van der Waals surface area contributed by atoms with Gasteiger partial charge in [0.25, 0.3) is 5.89 Å². The number of carbonyl (C=O) groups is 1. The summed E-state index contributed by atoms with van der Waals surface area (Å²) in [7, 11) is 0. The molecule has 4 rings (SSSR count). The topological polar surface area (TPSA) is 81.2 Å². The second-order valence-electron chi connectivity index (χ2n) is 5.85. The molecule has 0 aliphatic heterocycles. The minimum absolute atomic E-state index is 0.00602. The third-order valence-corrected chi connectivity index (χ3v) is 4.31. The Morgan fingerprint density at radius 1 is 1.25 bits per heavy atom. The quantitative estimate of drug-likeness (QED) is 0.798. The van der Waals surface area contributed by atoms with Crippen LogP contribution in [0.2, 0.25) is 0 Å². The van der Waals surface area contributed by atoms with Crippen LogP contribution in [0.5, 0.6) is 0 Å². The summed E-state index contributed by atoms with van der Waals surface area (Å²) in [4.78, 5) is 16.8. The number of benzene rings is 1. The fourth-order valence-corrected chi connectivity index (χ4v) is 3.14. The Hall–Kier alpha value is -2.89. The van der Waals surface area contributed by atoms with E-state index in [2.05, 4.69) is 21.5 Å². The Morgan fingerprint density at radius 2 is 2.17 bits per heavy atom. The Morgan fingerprint density at radius 3 is 3.04 bits per heavy atom. The summed E-state index contributed by atoms with van der Waals surface area (Å²) in [5.41, 5.74) is 2.40. The monoisotopic (exact) mass is 323 g/mol. The molecule has 122 valence electrons. The van der Waals surface area contributed by atoms with E-state index in [-0.39, 0.29) is 18.4 Å². The van der Waals surface area contributed by atoms with Gasteiger partial charge in [0.05, 0.1) is 18.7 Å². The number of aryl methyl sites for hydroxylation is 1. The van der Waals surface area contributed by atoms with E-state index in [0.29, 0.717) is 17.5 Å². The summed E-state index contributed by atoms with van der Waals surface area (Å²) in [6, 6.07) is 11.6. The van der Waals surface area contributed by atoms with Gasteiger partial charge in [0.2, 0.25) is 5.91 Å². The van der Waals surface area contributed by atoms with Crippen molar-refractivity contribution in [3.05, 3.63) is 59.6 Å². The number of amides is 1. The van der Waals surface area contributed by atoms with E-state index in [4.69, 9.17) is 8.94 Å². The summed E-state index contributed by atoms with van der Waals surface area (Å²) in [5, 5.41) is 6.79. The SMILES string of the molecule is O=C(NCc1noc(-c2ccco2)n1)[C@H]1CCCc2ccccc21. The van der Waals surface area contributed by atoms with E-state index in [0.717, 1.165) is 24.8 Å². The predicted molar refractivity (Wildman–Crippen MR) is 86.0 cm³/mol. The average Bonchev–Trinajstić information content (AvgIpc) is 3.30. The van der Waals surface area contributed by atoms with E-state index in [1.54, 1.807) is 18.4 Å². The number of aromatic nitrogens is 2. The molecule has 0 spiro atoms. The van der Waals surface area contributed by atoms with Gasteiger partial charge in [-0.15, -0.1) is 0 Å². The molecular formula is C18H17N3O3. The number of nitrogens with zero attached hydrogens (tertiary/aromatic N) is 2. The first-order valence-corrected chi connectivity index (χ1v) is 8.03. The van der Waals surface area contributed by atoms with Crippen LogP contribution in [0.1, 0.15) is 35.7 Å². The van der Waals surface area contributed by atoms with E-state index in [9.17, 15) is 4.79 Å². The molecule has 2 heterocycles. The van der Waals surface area contributed by atoms with E-state index < -0.39 is 0 Å². The van der Waals surface area contributed by atoms with Crippen molar-refractivity contribution >= 4 is 5.91 Å². The van der Waals surface area contributed by atoms with Gasteiger partial charge in [-0.1, -0.05) is 29.4 Å².